The highest BCUT2D eigenvalue weighted by molar-refractivity contribution is 5.67. The number of hydrogen-bond donors (Lipinski definition) is 2. The van der Waals surface area contributed by atoms with Crippen molar-refractivity contribution in [2.45, 2.75) is 26.4 Å². The molecule has 0 bridgehead atoms. The van der Waals surface area contributed by atoms with Crippen molar-refractivity contribution in [3.63, 3.8) is 0 Å². The molecule has 0 radical (unpaired) electrons. The SMILES string of the molecule is CN(CCNc1nc(N)n2nc(-c3ccco3)nc2n1)C(=O)OC(C)(C)C. The number of likely N-dealkylation sites (N-methyl/N-ethyl adjacent to an activating group) is 1. The van der Waals surface area contributed by atoms with E-state index in [1.165, 1.54) is 15.7 Å². The van der Waals surface area contributed by atoms with Crippen molar-refractivity contribution in [2.24, 2.45) is 0 Å². The Balaban J connectivity index is 1.64. The van der Waals surface area contributed by atoms with E-state index in [2.05, 4.69) is 25.4 Å². The van der Waals surface area contributed by atoms with Gasteiger partial charge in [0.15, 0.2) is 5.76 Å². The third-order valence-electron chi connectivity index (χ3n) is 3.41. The van der Waals surface area contributed by atoms with Gasteiger partial charge >= 0.3 is 6.09 Å². The summed E-state index contributed by atoms with van der Waals surface area (Å²) >= 11 is 0. The van der Waals surface area contributed by atoms with Crippen LogP contribution < -0.4 is 11.1 Å². The van der Waals surface area contributed by atoms with Gasteiger partial charge in [0, 0.05) is 20.1 Å². The number of carbonyl (C=O) groups is 1. The molecule has 3 N–H and O–H groups in total. The largest absolute Gasteiger partial charge is 0.461 e. The lowest BCUT2D eigenvalue weighted by atomic mass is 10.2. The number of hydrogen-bond acceptors (Lipinski definition) is 9. The summed E-state index contributed by atoms with van der Waals surface area (Å²) in [5, 5.41) is 7.24. The zero-order valence-electron chi connectivity index (χ0n) is 15.6. The first-order chi connectivity index (χ1) is 12.7. The summed E-state index contributed by atoms with van der Waals surface area (Å²) in [5.41, 5.74) is 5.39. The fraction of sp³-hybridized carbons (Fsp3) is 0.438. The predicted molar refractivity (Wildman–Crippen MR) is 98.0 cm³/mol. The van der Waals surface area contributed by atoms with Crippen molar-refractivity contribution in [1.82, 2.24) is 29.5 Å². The first kappa shape index (κ1) is 18.4. The number of carbonyl (C=O) groups excluding carboxylic acids is 1. The second-order valence-corrected chi connectivity index (χ2v) is 6.86. The molecule has 27 heavy (non-hydrogen) atoms. The van der Waals surface area contributed by atoms with E-state index in [-0.39, 0.29) is 17.7 Å². The number of ether oxygens (including phenoxy) is 1. The summed E-state index contributed by atoms with van der Waals surface area (Å²) in [6.45, 7) is 6.26. The molecule has 11 heteroatoms. The summed E-state index contributed by atoms with van der Waals surface area (Å²) in [5.74, 6) is 1.58. The Morgan fingerprint density at radius 1 is 1.37 bits per heavy atom. The second kappa shape index (κ2) is 7.09. The zero-order chi connectivity index (χ0) is 19.6. The summed E-state index contributed by atoms with van der Waals surface area (Å²) in [6, 6.07) is 3.48. The van der Waals surface area contributed by atoms with Gasteiger partial charge in [-0.1, -0.05) is 0 Å². The van der Waals surface area contributed by atoms with Crippen LogP contribution in [0.15, 0.2) is 22.8 Å². The Kier molecular flexibility index (Phi) is 4.84. The quantitative estimate of drug-likeness (QED) is 0.682. The first-order valence-corrected chi connectivity index (χ1v) is 8.35. The molecule has 0 aliphatic carbocycles. The molecule has 3 aromatic heterocycles. The van der Waals surface area contributed by atoms with E-state index in [9.17, 15) is 4.79 Å². The molecule has 0 spiro atoms. The van der Waals surface area contributed by atoms with Crippen molar-refractivity contribution in [3.05, 3.63) is 18.4 Å². The summed E-state index contributed by atoms with van der Waals surface area (Å²) < 4.78 is 11.9. The number of nitrogen functional groups attached to an aromatic ring is 1. The Morgan fingerprint density at radius 2 is 2.15 bits per heavy atom. The Bertz CT molecular complexity index is 929. The number of fused-ring (bicyclic) bond motifs is 1. The van der Waals surface area contributed by atoms with E-state index >= 15 is 0 Å². The maximum Gasteiger partial charge on any atom is 0.410 e. The van der Waals surface area contributed by atoms with Crippen LogP contribution in [0.25, 0.3) is 17.4 Å². The third kappa shape index (κ3) is 4.43. The van der Waals surface area contributed by atoms with Crippen molar-refractivity contribution in [3.8, 4) is 11.6 Å². The maximum absolute atomic E-state index is 11.9. The first-order valence-electron chi connectivity index (χ1n) is 8.35. The van der Waals surface area contributed by atoms with Crippen LogP contribution in [0.4, 0.5) is 16.7 Å². The van der Waals surface area contributed by atoms with E-state index < -0.39 is 11.7 Å². The van der Waals surface area contributed by atoms with Gasteiger partial charge in [-0.2, -0.15) is 19.5 Å². The third-order valence-corrected chi connectivity index (χ3v) is 3.41. The van der Waals surface area contributed by atoms with Gasteiger partial charge in [0.1, 0.15) is 5.60 Å². The van der Waals surface area contributed by atoms with Crippen LogP contribution in [0.2, 0.25) is 0 Å². The van der Waals surface area contributed by atoms with Crippen molar-refractivity contribution in [1.29, 1.82) is 0 Å². The van der Waals surface area contributed by atoms with Crippen molar-refractivity contribution in [2.75, 3.05) is 31.2 Å². The lowest BCUT2D eigenvalue weighted by Gasteiger charge is -2.24. The maximum atomic E-state index is 11.9. The number of nitrogens with one attached hydrogen (secondary N) is 1. The van der Waals surface area contributed by atoms with Crippen LogP contribution in [0.1, 0.15) is 20.8 Å². The predicted octanol–water partition coefficient (Wildman–Crippen LogP) is 1.64. The number of amides is 1. The van der Waals surface area contributed by atoms with Crippen LogP contribution in [-0.2, 0) is 4.74 Å². The molecule has 0 aliphatic rings. The molecule has 0 fully saturated rings. The topological polar surface area (TPSA) is 137 Å². The van der Waals surface area contributed by atoms with Crippen molar-refractivity contribution >= 4 is 23.8 Å². The molecule has 0 aromatic carbocycles. The molecular formula is C16H22N8O3. The summed E-state index contributed by atoms with van der Waals surface area (Å²) in [6.07, 6.45) is 1.13. The van der Waals surface area contributed by atoms with Gasteiger partial charge in [0.2, 0.25) is 17.7 Å². The van der Waals surface area contributed by atoms with Gasteiger partial charge in [-0.3, -0.25) is 0 Å². The Labute approximate surface area is 155 Å². The molecular weight excluding hydrogens is 352 g/mol. The van der Waals surface area contributed by atoms with Gasteiger partial charge in [0.25, 0.3) is 5.78 Å². The summed E-state index contributed by atoms with van der Waals surface area (Å²) in [4.78, 5) is 26.1. The molecule has 3 aromatic rings. The Morgan fingerprint density at radius 3 is 2.81 bits per heavy atom. The van der Waals surface area contributed by atoms with Gasteiger partial charge < -0.3 is 25.1 Å². The van der Waals surface area contributed by atoms with E-state index in [4.69, 9.17) is 14.9 Å². The molecule has 0 saturated heterocycles. The molecule has 3 heterocycles. The fourth-order valence-electron chi connectivity index (χ4n) is 2.16. The fourth-order valence-corrected chi connectivity index (χ4v) is 2.16. The molecule has 0 atom stereocenters. The number of rotatable bonds is 5. The van der Waals surface area contributed by atoms with E-state index in [0.29, 0.717) is 24.7 Å². The van der Waals surface area contributed by atoms with Crippen LogP contribution in [0.3, 0.4) is 0 Å². The van der Waals surface area contributed by atoms with Crippen molar-refractivity contribution < 1.29 is 13.9 Å². The van der Waals surface area contributed by atoms with Gasteiger partial charge in [-0.05, 0) is 32.9 Å². The highest BCUT2D eigenvalue weighted by Crippen LogP contribution is 2.17. The number of nitrogens with zero attached hydrogens (tertiary/aromatic N) is 6. The van der Waals surface area contributed by atoms with Crippen LogP contribution in [0, 0.1) is 0 Å². The van der Waals surface area contributed by atoms with Gasteiger partial charge in [0.05, 0.1) is 6.26 Å². The number of nitrogens with two attached hydrogens (primary N) is 1. The highest BCUT2D eigenvalue weighted by Gasteiger charge is 2.19. The monoisotopic (exact) mass is 374 g/mol. The van der Waals surface area contributed by atoms with Crippen LogP contribution in [-0.4, -0.2) is 61.3 Å². The Hall–Kier alpha value is -3.37. The number of aromatic nitrogens is 5. The lowest BCUT2D eigenvalue weighted by molar-refractivity contribution is 0.0305. The molecule has 144 valence electrons. The molecule has 11 nitrogen and oxygen atoms in total. The van der Waals surface area contributed by atoms with E-state index in [1.807, 2.05) is 20.8 Å². The molecule has 0 saturated carbocycles. The van der Waals surface area contributed by atoms with E-state index in [1.54, 1.807) is 19.2 Å². The molecule has 0 unspecified atom stereocenters. The average molecular weight is 374 g/mol. The normalized spacial score (nSPS) is 11.6. The minimum Gasteiger partial charge on any atom is -0.461 e. The van der Waals surface area contributed by atoms with Crippen LogP contribution >= 0.6 is 0 Å². The molecule has 0 aliphatic heterocycles. The molecule has 3 rings (SSSR count). The van der Waals surface area contributed by atoms with Crippen LogP contribution in [0.5, 0.6) is 0 Å². The minimum atomic E-state index is -0.541. The minimum absolute atomic E-state index is 0.133. The highest BCUT2D eigenvalue weighted by atomic mass is 16.6. The van der Waals surface area contributed by atoms with Gasteiger partial charge in [-0.15, -0.1) is 5.10 Å². The smallest absolute Gasteiger partial charge is 0.410 e. The van der Waals surface area contributed by atoms with E-state index in [0.717, 1.165) is 0 Å². The van der Waals surface area contributed by atoms with Gasteiger partial charge in [-0.25, -0.2) is 4.79 Å². The standard InChI is InChI=1S/C16H22N8O3/c1-16(2,3)27-15(25)23(4)8-7-18-13-20-12(17)24-14(21-13)19-11(22-24)10-6-5-9-26-10/h5-6,9H,7-8H2,1-4H3,(H3,17,18,19,20,21,22). The second-order valence-electron chi connectivity index (χ2n) is 6.86. The summed E-state index contributed by atoms with van der Waals surface area (Å²) in [7, 11) is 1.66. The number of furan rings is 1. The number of anilines is 2. The zero-order valence-corrected chi connectivity index (χ0v) is 15.6. The lowest BCUT2D eigenvalue weighted by Crippen LogP contribution is -2.36. The average Bonchev–Trinajstić information content (AvgIpc) is 3.22. The molecule has 1 amide bonds.